The lowest BCUT2D eigenvalue weighted by atomic mass is 10.1. The molecule has 0 atom stereocenters. The number of hydrogen-bond donors (Lipinski definition) is 4. The van der Waals surface area contributed by atoms with Gasteiger partial charge in [0.05, 0.1) is 13.2 Å². The number of aromatic nitrogens is 1. The second-order valence-electron chi connectivity index (χ2n) is 7.80. The molecule has 3 aromatic rings. The van der Waals surface area contributed by atoms with E-state index in [1.54, 1.807) is 12.1 Å². The summed E-state index contributed by atoms with van der Waals surface area (Å²) in [6.45, 7) is 2.60. The number of aromatic hydroxyl groups is 1. The highest BCUT2D eigenvalue weighted by Crippen LogP contribution is 2.25. The molecule has 0 aliphatic heterocycles. The van der Waals surface area contributed by atoms with Gasteiger partial charge in [0.25, 0.3) is 5.91 Å². The van der Waals surface area contributed by atoms with E-state index in [4.69, 9.17) is 15.7 Å². The minimum Gasteiger partial charge on any atom is -0.505 e. The molecule has 9 heteroatoms. The van der Waals surface area contributed by atoms with Crippen LogP contribution in [0.3, 0.4) is 0 Å². The molecule has 1 heterocycles. The number of amides is 1. The molecule has 0 fully saturated rings. The van der Waals surface area contributed by atoms with Crippen molar-refractivity contribution in [3.8, 4) is 5.75 Å². The number of halogens is 1. The van der Waals surface area contributed by atoms with Gasteiger partial charge in [0.1, 0.15) is 5.82 Å². The van der Waals surface area contributed by atoms with Gasteiger partial charge in [-0.2, -0.15) is 0 Å². The van der Waals surface area contributed by atoms with Crippen LogP contribution < -0.4 is 11.2 Å². The van der Waals surface area contributed by atoms with Crippen LogP contribution in [0, 0.1) is 5.82 Å². The molecule has 0 saturated heterocycles. The van der Waals surface area contributed by atoms with Gasteiger partial charge < -0.3 is 15.6 Å². The molecule has 0 aliphatic rings. The molecule has 0 radical (unpaired) electrons. The third-order valence-electron chi connectivity index (χ3n) is 5.46. The van der Waals surface area contributed by atoms with E-state index < -0.39 is 5.91 Å². The summed E-state index contributed by atoms with van der Waals surface area (Å²) in [5, 5.41) is 19.3. The van der Waals surface area contributed by atoms with E-state index in [2.05, 4.69) is 9.88 Å². The Balaban J connectivity index is 1.70. The molecule has 5 N–H and O–H groups in total. The van der Waals surface area contributed by atoms with Gasteiger partial charge in [0.2, 0.25) is 0 Å². The quantitative estimate of drug-likeness (QED) is 0.183. The Labute approximate surface area is 197 Å². The maximum absolute atomic E-state index is 13.2. The maximum atomic E-state index is 13.2. The number of nitrogens with zero attached hydrogens (tertiary/aromatic N) is 2. The first-order chi connectivity index (χ1) is 16.5. The molecule has 180 valence electrons. The zero-order chi connectivity index (χ0) is 24.3. The van der Waals surface area contributed by atoms with E-state index in [0.717, 1.165) is 11.1 Å². The Kier molecular flexibility index (Phi) is 9.48. The van der Waals surface area contributed by atoms with E-state index in [1.165, 1.54) is 23.8 Å². The van der Waals surface area contributed by atoms with Crippen molar-refractivity contribution >= 4 is 5.91 Å². The molecule has 0 bridgehead atoms. The highest BCUT2D eigenvalue weighted by Gasteiger charge is 2.20. The summed E-state index contributed by atoms with van der Waals surface area (Å²) in [7, 11) is 0. The molecule has 34 heavy (non-hydrogen) atoms. The van der Waals surface area contributed by atoms with Crippen molar-refractivity contribution in [3.05, 3.63) is 94.6 Å². The predicted molar refractivity (Wildman–Crippen MR) is 125 cm³/mol. The zero-order valence-corrected chi connectivity index (χ0v) is 18.8. The fourth-order valence-electron chi connectivity index (χ4n) is 3.57. The van der Waals surface area contributed by atoms with Crippen LogP contribution in [0.15, 0.2) is 60.8 Å². The van der Waals surface area contributed by atoms with Crippen molar-refractivity contribution < 1.29 is 24.2 Å². The summed E-state index contributed by atoms with van der Waals surface area (Å²) < 4.78 is 19.1. The van der Waals surface area contributed by atoms with E-state index >= 15 is 0 Å². The Bertz CT molecular complexity index is 1060. The van der Waals surface area contributed by atoms with E-state index in [0.29, 0.717) is 50.4 Å². The highest BCUT2D eigenvalue weighted by atomic mass is 19.1. The van der Waals surface area contributed by atoms with Crippen LogP contribution in [-0.4, -0.2) is 45.8 Å². The highest BCUT2D eigenvalue weighted by molar-refractivity contribution is 5.94. The van der Waals surface area contributed by atoms with Crippen molar-refractivity contribution in [3.63, 3.8) is 0 Å². The fraction of sp³-hybridized carbons (Fsp3) is 0.280. The van der Waals surface area contributed by atoms with Gasteiger partial charge in [0, 0.05) is 37.9 Å². The van der Waals surface area contributed by atoms with Gasteiger partial charge in [-0.15, -0.1) is 0 Å². The fourth-order valence-corrected chi connectivity index (χ4v) is 3.57. The number of nitrogens with two attached hydrogens (primary N) is 1. The molecule has 8 nitrogen and oxygen atoms in total. The predicted octanol–water partition coefficient (Wildman–Crippen LogP) is 2.77. The first-order valence-corrected chi connectivity index (χ1v) is 10.9. The smallest absolute Gasteiger partial charge is 0.297 e. The van der Waals surface area contributed by atoms with Crippen molar-refractivity contribution in [2.75, 3.05) is 19.7 Å². The van der Waals surface area contributed by atoms with Gasteiger partial charge in [-0.25, -0.2) is 14.9 Å². The van der Waals surface area contributed by atoms with Crippen LogP contribution in [0.1, 0.15) is 32.7 Å². The standard InChI is InChI=1S/C25H29FN4O4/c26-21-8-6-18(7-9-21)10-11-30(12-13-34-17-19-4-2-1-3-5-19)16-20-15-28-23(25(32)29-33)24(31)22(20)14-27/h1-9,15,31,33H,10-14,16-17,27H2,(H,29,32). The summed E-state index contributed by atoms with van der Waals surface area (Å²) in [5.41, 5.74) is 10.1. The minimum atomic E-state index is -0.916. The molecular weight excluding hydrogens is 439 g/mol. The average molecular weight is 469 g/mol. The molecule has 2 aromatic carbocycles. The number of hydroxylamine groups is 1. The molecule has 1 aromatic heterocycles. The Morgan fingerprint density at radius 1 is 1.09 bits per heavy atom. The third-order valence-corrected chi connectivity index (χ3v) is 5.46. The number of rotatable bonds is 12. The lowest BCUT2D eigenvalue weighted by molar-refractivity contribution is 0.0697. The molecule has 0 aliphatic carbocycles. The first-order valence-electron chi connectivity index (χ1n) is 10.9. The Hall–Kier alpha value is -3.37. The Morgan fingerprint density at radius 3 is 2.50 bits per heavy atom. The Morgan fingerprint density at radius 2 is 1.82 bits per heavy atom. The summed E-state index contributed by atoms with van der Waals surface area (Å²) in [6, 6.07) is 16.2. The molecule has 0 unspecified atom stereocenters. The lowest BCUT2D eigenvalue weighted by Gasteiger charge is -2.24. The summed E-state index contributed by atoms with van der Waals surface area (Å²) in [4.78, 5) is 17.9. The number of carbonyl (C=O) groups excluding carboxylic acids is 1. The van der Waals surface area contributed by atoms with Gasteiger partial charge in [0.15, 0.2) is 11.4 Å². The third kappa shape index (κ3) is 7.06. The largest absolute Gasteiger partial charge is 0.505 e. The lowest BCUT2D eigenvalue weighted by Crippen LogP contribution is -2.30. The molecular formula is C25H29FN4O4. The SMILES string of the molecule is NCc1c(CN(CCOCc2ccccc2)CCc2ccc(F)cc2)cnc(C(=O)NO)c1O. The second-order valence-corrected chi connectivity index (χ2v) is 7.80. The first kappa shape index (κ1) is 25.3. The zero-order valence-electron chi connectivity index (χ0n) is 18.8. The van der Waals surface area contributed by atoms with E-state index in [-0.39, 0.29) is 23.8 Å². The van der Waals surface area contributed by atoms with Crippen LogP contribution in [-0.2, 0) is 30.9 Å². The van der Waals surface area contributed by atoms with Gasteiger partial charge in [-0.05, 0) is 35.2 Å². The molecule has 0 spiro atoms. The second kappa shape index (κ2) is 12.8. The maximum Gasteiger partial charge on any atom is 0.297 e. The van der Waals surface area contributed by atoms with E-state index in [9.17, 15) is 14.3 Å². The van der Waals surface area contributed by atoms with Gasteiger partial charge in [-0.1, -0.05) is 42.5 Å². The number of ether oxygens (including phenoxy) is 1. The number of benzene rings is 2. The molecule has 3 rings (SSSR count). The van der Waals surface area contributed by atoms with Crippen LogP contribution in [0.5, 0.6) is 5.75 Å². The summed E-state index contributed by atoms with van der Waals surface area (Å²) >= 11 is 0. The van der Waals surface area contributed by atoms with Gasteiger partial charge in [-0.3, -0.25) is 14.9 Å². The van der Waals surface area contributed by atoms with Crippen LogP contribution in [0.2, 0.25) is 0 Å². The summed E-state index contributed by atoms with van der Waals surface area (Å²) in [5.74, 6) is -1.55. The number of carbonyl (C=O) groups is 1. The van der Waals surface area contributed by atoms with Crippen LogP contribution in [0.25, 0.3) is 0 Å². The molecule has 0 saturated carbocycles. The monoisotopic (exact) mass is 468 g/mol. The summed E-state index contributed by atoms with van der Waals surface area (Å²) in [6.07, 6.45) is 2.16. The van der Waals surface area contributed by atoms with Crippen molar-refractivity contribution in [1.82, 2.24) is 15.4 Å². The normalized spacial score (nSPS) is 11.1. The van der Waals surface area contributed by atoms with Crippen LogP contribution >= 0.6 is 0 Å². The topological polar surface area (TPSA) is 121 Å². The number of pyridine rings is 1. The van der Waals surface area contributed by atoms with Gasteiger partial charge >= 0.3 is 0 Å². The van der Waals surface area contributed by atoms with Crippen molar-refractivity contribution in [1.29, 1.82) is 0 Å². The van der Waals surface area contributed by atoms with Crippen LogP contribution in [0.4, 0.5) is 4.39 Å². The molecule has 1 amide bonds. The average Bonchev–Trinajstić information content (AvgIpc) is 2.86. The minimum absolute atomic E-state index is 0.00823. The van der Waals surface area contributed by atoms with Crippen molar-refractivity contribution in [2.45, 2.75) is 26.1 Å². The number of hydrogen-bond acceptors (Lipinski definition) is 7. The number of nitrogens with one attached hydrogen (secondary N) is 1. The van der Waals surface area contributed by atoms with Crippen molar-refractivity contribution in [2.24, 2.45) is 5.73 Å². The van der Waals surface area contributed by atoms with E-state index in [1.807, 2.05) is 30.3 Å².